The molecule has 3 nitrogen and oxygen atoms in total. The maximum absolute atomic E-state index is 12.4. The zero-order valence-electron chi connectivity index (χ0n) is 16.1. The summed E-state index contributed by atoms with van der Waals surface area (Å²) < 4.78 is 5.79. The van der Waals surface area contributed by atoms with Crippen molar-refractivity contribution < 1.29 is 9.53 Å². The molecule has 0 aliphatic heterocycles. The minimum absolute atomic E-state index is 0.0533. The first-order valence-electron chi connectivity index (χ1n) is 8.81. The molecule has 0 aromatic heterocycles. The lowest BCUT2D eigenvalue weighted by atomic mass is 9.87. The normalized spacial score (nSPS) is 13.8. The molecular weight excluding hydrogens is 310 g/mol. The number of rotatable bonds is 5. The molecule has 1 amide bonds. The number of nitrogens with one attached hydrogen (secondary N) is 1. The molecule has 2 aromatic rings. The van der Waals surface area contributed by atoms with Crippen molar-refractivity contribution in [3.05, 3.63) is 65.2 Å². The minimum atomic E-state index is -0.548. The van der Waals surface area contributed by atoms with Crippen molar-refractivity contribution in [1.82, 2.24) is 5.32 Å². The molecule has 0 radical (unpaired) electrons. The van der Waals surface area contributed by atoms with E-state index < -0.39 is 6.10 Å². The third-order valence-electron chi connectivity index (χ3n) is 4.34. The Bertz CT molecular complexity index is 696. The van der Waals surface area contributed by atoms with Crippen LogP contribution in [0.4, 0.5) is 0 Å². The Morgan fingerprint density at radius 1 is 0.960 bits per heavy atom. The molecule has 0 unspecified atom stereocenters. The smallest absolute Gasteiger partial charge is 0.261 e. The SMILES string of the molecule is Cc1ccc([C@H](C)NC(=O)[C@H](C)Oc2ccc(C(C)(C)C)cc2)cc1. The number of benzene rings is 2. The van der Waals surface area contributed by atoms with Gasteiger partial charge in [-0.15, -0.1) is 0 Å². The standard InChI is InChI=1S/C22H29NO2/c1-15-7-9-18(10-8-15)16(2)23-21(24)17(3)25-20-13-11-19(12-14-20)22(4,5)6/h7-14,16-17H,1-6H3,(H,23,24)/t16-,17-/m0/s1. The van der Waals surface area contributed by atoms with Gasteiger partial charge in [0.15, 0.2) is 6.10 Å². The molecule has 0 aliphatic rings. The number of aryl methyl sites for hydroxylation is 1. The molecular formula is C22H29NO2. The Hall–Kier alpha value is -2.29. The topological polar surface area (TPSA) is 38.3 Å². The molecule has 3 heteroatoms. The number of carbonyl (C=O) groups excluding carboxylic acids is 1. The molecule has 0 heterocycles. The van der Waals surface area contributed by atoms with E-state index in [9.17, 15) is 4.79 Å². The number of ether oxygens (including phenoxy) is 1. The highest BCUT2D eigenvalue weighted by Gasteiger charge is 2.18. The van der Waals surface area contributed by atoms with E-state index in [1.165, 1.54) is 11.1 Å². The zero-order valence-corrected chi connectivity index (χ0v) is 16.1. The van der Waals surface area contributed by atoms with Crippen LogP contribution in [0.3, 0.4) is 0 Å². The first-order valence-corrected chi connectivity index (χ1v) is 8.81. The molecule has 2 rings (SSSR count). The molecule has 0 fully saturated rings. The van der Waals surface area contributed by atoms with Crippen molar-refractivity contribution in [3.63, 3.8) is 0 Å². The van der Waals surface area contributed by atoms with Crippen LogP contribution in [0.15, 0.2) is 48.5 Å². The summed E-state index contributed by atoms with van der Waals surface area (Å²) in [6.07, 6.45) is -0.548. The Kier molecular flexibility index (Phi) is 5.89. The highest BCUT2D eigenvalue weighted by molar-refractivity contribution is 5.81. The third-order valence-corrected chi connectivity index (χ3v) is 4.34. The van der Waals surface area contributed by atoms with E-state index in [0.717, 1.165) is 5.56 Å². The van der Waals surface area contributed by atoms with Crippen LogP contribution in [-0.4, -0.2) is 12.0 Å². The van der Waals surface area contributed by atoms with Crippen molar-refractivity contribution in [2.24, 2.45) is 0 Å². The number of hydrogen-bond acceptors (Lipinski definition) is 2. The number of carbonyl (C=O) groups is 1. The van der Waals surface area contributed by atoms with E-state index in [-0.39, 0.29) is 17.4 Å². The fourth-order valence-corrected chi connectivity index (χ4v) is 2.56. The Balaban J connectivity index is 1.94. The maximum Gasteiger partial charge on any atom is 0.261 e. The lowest BCUT2D eigenvalue weighted by Crippen LogP contribution is -2.37. The minimum Gasteiger partial charge on any atom is -0.481 e. The Morgan fingerprint density at radius 2 is 1.52 bits per heavy atom. The predicted octanol–water partition coefficient (Wildman–Crippen LogP) is 4.94. The predicted molar refractivity (Wildman–Crippen MR) is 103 cm³/mol. The van der Waals surface area contributed by atoms with Gasteiger partial charge >= 0.3 is 0 Å². The summed E-state index contributed by atoms with van der Waals surface area (Å²) in [5, 5.41) is 3.01. The van der Waals surface area contributed by atoms with Crippen LogP contribution < -0.4 is 10.1 Å². The van der Waals surface area contributed by atoms with Gasteiger partial charge in [0.05, 0.1) is 6.04 Å². The summed E-state index contributed by atoms with van der Waals surface area (Å²) in [7, 11) is 0. The number of hydrogen-bond donors (Lipinski definition) is 1. The van der Waals surface area contributed by atoms with Gasteiger partial charge in [-0.2, -0.15) is 0 Å². The van der Waals surface area contributed by atoms with Gasteiger partial charge in [-0.05, 0) is 49.4 Å². The number of amides is 1. The zero-order chi connectivity index (χ0) is 18.6. The van der Waals surface area contributed by atoms with Crippen molar-refractivity contribution in [1.29, 1.82) is 0 Å². The van der Waals surface area contributed by atoms with E-state index in [4.69, 9.17) is 4.74 Å². The van der Waals surface area contributed by atoms with Gasteiger partial charge in [0.25, 0.3) is 5.91 Å². The second kappa shape index (κ2) is 7.73. The first-order chi connectivity index (χ1) is 11.7. The molecule has 0 aliphatic carbocycles. The van der Waals surface area contributed by atoms with E-state index in [1.807, 2.05) is 38.1 Å². The Labute approximate surface area is 151 Å². The van der Waals surface area contributed by atoms with Gasteiger partial charge in [-0.25, -0.2) is 0 Å². The molecule has 0 bridgehead atoms. The highest BCUT2D eigenvalue weighted by Crippen LogP contribution is 2.24. The molecule has 0 saturated heterocycles. The van der Waals surface area contributed by atoms with Gasteiger partial charge in [-0.3, -0.25) is 4.79 Å². The lowest BCUT2D eigenvalue weighted by Gasteiger charge is -2.21. The first kappa shape index (κ1) is 19.0. The highest BCUT2D eigenvalue weighted by atomic mass is 16.5. The fraction of sp³-hybridized carbons (Fsp3) is 0.409. The average molecular weight is 339 g/mol. The molecule has 1 N–H and O–H groups in total. The van der Waals surface area contributed by atoms with Crippen molar-refractivity contribution in [2.45, 2.75) is 59.1 Å². The van der Waals surface area contributed by atoms with Crippen molar-refractivity contribution in [2.75, 3.05) is 0 Å². The van der Waals surface area contributed by atoms with Crippen LogP contribution in [0, 0.1) is 6.92 Å². The molecule has 2 aromatic carbocycles. The molecule has 0 spiro atoms. The quantitative estimate of drug-likeness (QED) is 0.838. The second-order valence-electron chi connectivity index (χ2n) is 7.68. The van der Waals surface area contributed by atoms with Crippen LogP contribution in [0.25, 0.3) is 0 Å². The van der Waals surface area contributed by atoms with E-state index in [1.54, 1.807) is 6.92 Å². The van der Waals surface area contributed by atoms with Crippen LogP contribution in [0.2, 0.25) is 0 Å². The summed E-state index contributed by atoms with van der Waals surface area (Å²) in [6.45, 7) is 12.3. The van der Waals surface area contributed by atoms with Gasteiger partial charge in [0, 0.05) is 0 Å². The summed E-state index contributed by atoms with van der Waals surface area (Å²) >= 11 is 0. The van der Waals surface area contributed by atoms with Crippen LogP contribution in [0.5, 0.6) is 5.75 Å². The molecule has 25 heavy (non-hydrogen) atoms. The average Bonchev–Trinajstić information content (AvgIpc) is 2.55. The largest absolute Gasteiger partial charge is 0.481 e. The monoisotopic (exact) mass is 339 g/mol. The Morgan fingerprint density at radius 3 is 2.04 bits per heavy atom. The summed E-state index contributed by atoms with van der Waals surface area (Å²) in [4.78, 5) is 12.4. The fourth-order valence-electron chi connectivity index (χ4n) is 2.56. The second-order valence-corrected chi connectivity index (χ2v) is 7.68. The lowest BCUT2D eigenvalue weighted by molar-refractivity contribution is -0.127. The van der Waals surface area contributed by atoms with Gasteiger partial charge in [0.1, 0.15) is 5.75 Å². The van der Waals surface area contributed by atoms with Gasteiger partial charge in [-0.1, -0.05) is 62.7 Å². The van der Waals surface area contributed by atoms with Crippen molar-refractivity contribution in [3.8, 4) is 5.75 Å². The maximum atomic E-state index is 12.4. The van der Waals surface area contributed by atoms with Gasteiger partial charge < -0.3 is 10.1 Å². The summed E-state index contributed by atoms with van der Waals surface area (Å²) in [5.74, 6) is 0.589. The third kappa shape index (κ3) is 5.35. The van der Waals surface area contributed by atoms with Crippen molar-refractivity contribution >= 4 is 5.91 Å². The van der Waals surface area contributed by atoms with E-state index >= 15 is 0 Å². The molecule has 2 atom stereocenters. The van der Waals surface area contributed by atoms with Crippen LogP contribution in [0.1, 0.15) is 57.4 Å². The van der Waals surface area contributed by atoms with E-state index in [0.29, 0.717) is 5.75 Å². The summed E-state index contributed by atoms with van der Waals surface area (Å²) in [6, 6.07) is 16.1. The van der Waals surface area contributed by atoms with Crippen LogP contribution >= 0.6 is 0 Å². The molecule has 134 valence electrons. The van der Waals surface area contributed by atoms with Gasteiger partial charge in [0.2, 0.25) is 0 Å². The summed E-state index contributed by atoms with van der Waals surface area (Å²) in [5.41, 5.74) is 3.63. The van der Waals surface area contributed by atoms with E-state index in [2.05, 4.69) is 50.4 Å². The molecule has 0 saturated carbocycles. The van der Waals surface area contributed by atoms with Crippen LogP contribution in [-0.2, 0) is 10.2 Å².